The molecule has 0 unspecified atom stereocenters. The van der Waals surface area contributed by atoms with Gasteiger partial charge in [-0.2, -0.15) is 5.10 Å². The molecule has 6 nitrogen and oxygen atoms in total. The molecule has 1 aromatic carbocycles. The summed E-state index contributed by atoms with van der Waals surface area (Å²) in [6.45, 7) is 3.86. The number of nitrogens with one attached hydrogen (secondary N) is 1. The monoisotopic (exact) mass is 331 g/mol. The van der Waals surface area contributed by atoms with Crippen LogP contribution in [-0.4, -0.2) is 25.8 Å². The number of fused-ring (bicyclic) bond motifs is 1. The SMILES string of the molecule is CCn1nc(-c2ccc(Cl)cc2)c2c(C)c(C(=O)O)[nH]c2c1=O. The number of carboxylic acids is 1. The summed E-state index contributed by atoms with van der Waals surface area (Å²) in [5.41, 5.74) is 1.73. The van der Waals surface area contributed by atoms with Gasteiger partial charge in [-0.05, 0) is 31.5 Å². The van der Waals surface area contributed by atoms with Gasteiger partial charge >= 0.3 is 5.97 Å². The van der Waals surface area contributed by atoms with Crippen LogP contribution in [0.4, 0.5) is 0 Å². The van der Waals surface area contributed by atoms with E-state index in [1.54, 1.807) is 38.1 Å². The highest BCUT2D eigenvalue weighted by Crippen LogP contribution is 2.30. The Morgan fingerprint density at radius 3 is 2.57 bits per heavy atom. The first-order chi connectivity index (χ1) is 10.9. The minimum atomic E-state index is -1.11. The second-order valence-corrected chi connectivity index (χ2v) is 5.59. The van der Waals surface area contributed by atoms with Crippen molar-refractivity contribution in [2.75, 3.05) is 0 Å². The van der Waals surface area contributed by atoms with E-state index in [4.69, 9.17) is 11.6 Å². The summed E-state index contributed by atoms with van der Waals surface area (Å²) in [5.74, 6) is -1.11. The molecule has 0 bridgehead atoms. The number of hydrogen-bond donors (Lipinski definition) is 2. The number of hydrogen-bond acceptors (Lipinski definition) is 3. The molecule has 0 fully saturated rings. The molecule has 3 rings (SSSR count). The fraction of sp³-hybridized carbons (Fsp3) is 0.188. The molecule has 2 N–H and O–H groups in total. The van der Waals surface area contributed by atoms with Crippen molar-refractivity contribution in [1.82, 2.24) is 14.8 Å². The fourth-order valence-corrected chi connectivity index (χ4v) is 2.76. The number of halogens is 1. The number of aromatic carboxylic acids is 1. The smallest absolute Gasteiger partial charge is 0.352 e. The zero-order chi connectivity index (χ0) is 16.7. The highest BCUT2D eigenvalue weighted by atomic mass is 35.5. The summed E-state index contributed by atoms with van der Waals surface area (Å²) in [5, 5.41) is 14.8. The van der Waals surface area contributed by atoms with Crippen LogP contribution in [0.25, 0.3) is 22.2 Å². The van der Waals surface area contributed by atoms with Crippen LogP contribution in [0.5, 0.6) is 0 Å². The number of H-pyrrole nitrogens is 1. The molecule has 23 heavy (non-hydrogen) atoms. The van der Waals surface area contributed by atoms with Gasteiger partial charge in [0.25, 0.3) is 5.56 Å². The van der Waals surface area contributed by atoms with E-state index in [0.29, 0.717) is 28.2 Å². The average Bonchev–Trinajstić information content (AvgIpc) is 2.88. The first kappa shape index (κ1) is 15.3. The molecular weight excluding hydrogens is 318 g/mol. The molecular formula is C16H14ClN3O3. The number of aryl methyl sites for hydroxylation is 2. The third-order valence-corrected chi connectivity index (χ3v) is 4.04. The Balaban J connectivity index is 2.45. The van der Waals surface area contributed by atoms with Crippen molar-refractivity contribution in [3.8, 4) is 11.3 Å². The molecule has 2 aromatic heterocycles. The van der Waals surface area contributed by atoms with Crippen LogP contribution in [0, 0.1) is 6.92 Å². The second kappa shape index (κ2) is 5.55. The van der Waals surface area contributed by atoms with Crippen molar-refractivity contribution in [3.63, 3.8) is 0 Å². The van der Waals surface area contributed by atoms with Gasteiger partial charge in [-0.3, -0.25) is 4.79 Å². The Morgan fingerprint density at radius 1 is 1.35 bits per heavy atom. The maximum absolute atomic E-state index is 12.4. The van der Waals surface area contributed by atoms with Crippen molar-refractivity contribution in [2.24, 2.45) is 0 Å². The molecule has 0 aliphatic rings. The third-order valence-electron chi connectivity index (χ3n) is 3.79. The van der Waals surface area contributed by atoms with E-state index in [-0.39, 0.29) is 16.8 Å². The summed E-state index contributed by atoms with van der Waals surface area (Å²) in [6.07, 6.45) is 0. The van der Waals surface area contributed by atoms with Crippen molar-refractivity contribution in [3.05, 3.63) is 50.9 Å². The summed E-state index contributed by atoms with van der Waals surface area (Å²) >= 11 is 5.92. The van der Waals surface area contributed by atoms with Crippen LogP contribution in [0.2, 0.25) is 5.02 Å². The molecule has 0 saturated carbocycles. The van der Waals surface area contributed by atoms with Gasteiger partial charge in [0.2, 0.25) is 0 Å². The van der Waals surface area contributed by atoms with Crippen molar-refractivity contribution in [1.29, 1.82) is 0 Å². The number of benzene rings is 1. The summed E-state index contributed by atoms with van der Waals surface area (Å²) < 4.78 is 1.31. The van der Waals surface area contributed by atoms with E-state index >= 15 is 0 Å². The van der Waals surface area contributed by atoms with Crippen LogP contribution < -0.4 is 5.56 Å². The predicted molar refractivity (Wildman–Crippen MR) is 88.2 cm³/mol. The van der Waals surface area contributed by atoms with Gasteiger partial charge < -0.3 is 10.1 Å². The lowest BCUT2D eigenvalue weighted by molar-refractivity contribution is 0.0691. The van der Waals surface area contributed by atoms with Gasteiger partial charge in [0.1, 0.15) is 16.9 Å². The Hall–Kier alpha value is -2.60. The summed E-state index contributed by atoms with van der Waals surface area (Å²) in [6, 6.07) is 7.04. The van der Waals surface area contributed by atoms with Gasteiger partial charge in [-0.25, -0.2) is 9.48 Å². The van der Waals surface area contributed by atoms with E-state index in [0.717, 1.165) is 5.56 Å². The maximum atomic E-state index is 12.4. The van der Waals surface area contributed by atoms with Crippen LogP contribution >= 0.6 is 11.6 Å². The van der Waals surface area contributed by atoms with Gasteiger partial charge in [0, 0.05) is 22.5 Å². The quantitative estimate of drug-likeness (QED) is 0.772. The Kier molecular flexibility index (Phi) is 3.69. The first-order valence-electron chi connectivity index (χ1n) is 7.06. The molecule has 118 valence electrons. The Morgan fingerprint density at radius 2 is 2.00 bits per heavy atom. The molecule has 0 amide bonds. The lowest BCUT2D eigenvalue weighted by Crippen LogP contribution is -2.23. The van der Waals surface area contributed by atoms with Gasteiger partial charge in [0.15, 0.2) is 0 Å². The normalized spacial score (nSPS) is 11.1. The number of aromatic amines is 1. The lowest BCUT2D eigenvalue weighted by atomic mass is 10.1. The zero-order valence-electron chi connectivity index (χ0n) is 12.6. The standard InChI is InChI=1S/C16H14ClN3O3/c1-3-20-15(21)14-11(8(2)12(18-14)16(22)23)13(19-20)9-4-6-10(17)7-5-9/h4-7,18H,3H2,1-2H3,(H,22,23). The number of nitrogens with zero attached hydrogens (tertiary/aromatic N) is 2. The van der Waals surface area contributed by atoms with Crippen LogP contribution in [0.3, 0.4) is 0 Å². The lowest BCUT2D eigenvalue weighted by Gasteiger charge is -2.08. The predicted octanol–water partition coefficient (Wildman–Crippen LogP) is 3.07. The molecule has 0 spiro atoms. The highest BCUT2D eigenvalue weighted by Gasteiger charge is 2.21. The minimum absolute atomic E-state index is 0.00275. The van der Waals surface area contributed by atoms with E-state index in [1.165, 1.54) is 4.68 Å². The molecule has 3 aromatic rings. The molecule has 0 aliphatic heterocycles. The van der Waals surface area contributed by atoms with E-state index in [9.17, 15) is 14.7 Å². The van der Waals surface area contributed by atoms with Gasteiger partial charge in [-0.15, -0.1) is 0 Å². The topological polar surface area (TPSA) is 88.0 Å². The summed E-state index contributed by atoms with van der Waals surface area (Å²) in [7, 11) is 0. The largest absolute Gasteiger partial charge is 0.477 e. The average molecular weight is 332 g/mol. The maximum Gasteiger partial charge on any atom is 0.352 e. The highest BCUT2D eigenvalue weighted by molar-refractivity contribution is 6.30. The number of rotatable bonds is 3. The molecule has 0 radical (unpaired) electrons. The minimum Gasteiger partial charge on any atom is -0.477 e. The zero-order valence-corrected chi connectivity index (χ0v) is 13.3. The van der Waals surface area contributed by atoms with Crippen molar-refractivity contribution >= 4 is 28.5 Å². The molecule has 7 heteroatoms. The van der Waals surface area contributed by atoms with Crippen LogP contribution in [0.1, 0.15) is 23.0 Å². The summed E-state index contributed by atoms with van der Waals surface area (Å²) in [4.78, 5) is 26.5. The molecule has 0 atom stereocenters. The molecule has 0 saturated heterocycles. The van der Waals surface area contributed by atoms with E-state index < -0.39 is 5.97 Å². The number of carbonyl (C=O) groups is 1. The first-order valence-corrected chi connectivity index (χ1v) is 7.44. The van der Waals surface area contributed by atoms with E-state index in [2.05, 4.69) is 10.1 Å². The molecule has 0 aliphatic carbocycles. The van der Waals surface area contributed by atoms with Crippen molar-refractivity contribution in [2.45, 2.75) is 20.4 Å². The van der Waals surface area contributed by atoms with E-state index in [1.807, 2.05) is 0 Å². The van der Waals surface area contributed by atoms with Gasteiger partial charge in [-0.1, -0.05) is 23.7 Å². The van der Waals surface area contributed by atoms with Crippen LogP contribution in [0.15, 0.2) is 29.1 Å². The van der Waals surface area contributed by atoms with Gasteiger partial charge in [0.05, 0.1) is 0 Å². The Bertz CT molecular complexity index is 971. The van der Waals surface area contributed by atoms with Crippen LogP contribution in [-0.2, 0) is 6.54 Å². The third kappa shape index (κ3) is 2.41. The fourth-order valence-electron chi connectivity index (χ4n) is 2.63. The second-order valence-electron chi connectivity index (χ2n) is 5.16. The number of aromatic nitrogens is 3. The van der Waals surface area contributed by atoms with Crippen molar-refractivity contribution < 1.29 is 9.90 Å². The Labute approximate surface area is 136 Å². The number of carboxylic acid groups (broad SMARTS) is 1. The molecule has 2 heterocycles.